The SMILES string of the molecule is c1ccc2c(c#1)C13c4cc(N(c5ccc(-c6ccccc6)cc5)c5ccc6ccccc6c5)ccc4-c4cccc(c41)-c1cccc-2c13. The Morgan fingerprint density at radius 3 is 1.79 bits per heavy atom. The molecule has 0 aliphatic heterocycles. The van der Waals surface area contributed by atoms with Crippen LogP contribution in [0, 0.1) is 12.1 Å². The van der Waals surface area contributed by atoms with E-state index in [1.807, 2.05) is 6.07 Å². The van der Waals surface area contributed by atoms with Gasteiger partial charge in [-0.15, -0.1) is 0 Å². The molecule has 220 valence electrons. The van der Waals surface area contributed by atoms with Crippen LogP contribution in [0.1, 0.15) is 22.3 Å². The van der Waals surface area contributed by atoms with Gasteiger partial charge in [0.15, 0.2) is 0 Å². The quantitative estimate of drug-likeness (QED) is 0.193. The molecule has 0 radical (unpaired) electrons. The number of rotatable bonds is 4. The zero-order chi connectivity index (χ0) is 31.4. The Labute approximate surface area is 280 Å². The normalized spacial score (nSPS) is 15.4. The Hall–Kier alpha value is -6.36. The van der Waals surface area contributed by atoms with Crippen LogP contribution in [0.15, 0.2) is 164 Å². The van der Waals surface area contributed by atoms with Crippen molar-refractivity contribution in [3.63, 3.8) is 0 Å². The highest BCUT2D eigenvalue weighted by Gasteiger charge is 2.57. The molecule has 0 aromatic heterocycles. The molecule has 1 nitrogen and oxygen atoms in total. The monoisotopic (exact) mass is 605 g/mol. The highest BCUT2D eigenvalue weighted by molar-refractivity contribution is 6.06. The van der Waals surface area contributed by atoms with Crippen LogP contribution in [0.4, 0.5) is 17.1 Å². The Morgan fingerprint density at radius 2 is 1.02 bits per heavy atom. The molecule has 8 aromatic rings. The molecule has 0 heterocycles. The van der Waals surface area contributed by atoms with Crippen LogP contribution >= 0.6 is 0 Å². The van der Waals surface area contributed by atoms with Crippen molar-refractivity contribution in [3.05, 3.63) is 198 Å². The molecular formula is C47H27N. The minimum Gasteiger partial charge on any atom is -0.310 e. The Kier molecular flexibility index (Phi) is 5.02. The molecule has 0 saturated heterocycles. The van der Waals surface area contributed by atoms with Crippen LogP contribution in [0.2, 0.25) is 0 Å². The number of nitrogens with zero attached hydrogens (tertiary/aromatic N) is 1. The second kappa shape index (κ2) is 9.35. The lowest BCUT2D eigenvalue weighted by atomic mass is 9.73. The van der Waals surface area contributed by atoms with Crippen molar-refractivity contribution in [3.8, 4) is 44.5 Å². The van der Waals surface area contributed by atoms with Gasteiger partial charge in [0.25, 0.3) is 0 Å². The van der Waals surface area contributed by atoms with Crippen LogP contribution < -0.4 is 4.90 Å². The summed E-state index contributed by atoms with van der Waals surface area (Å²) in [5.41, 5.74) is 18.7. The van der Waals surface area contributed by atoms with E-state index in [-0.39, 0.29) is 0 Å². The van der Waals surface area contributed by atoms with Crippen LogP contribution in [-0.2, 0) is 5.41 Å². The Balaban J connectivity index is 1.17. The first-order valence-corrected chi connectivity index (χ1v) is 16.6. The van der Waals surface area contributed by atoms with Gasteiger partial charge in [-0.1, -0.05) is 127 Å². The summed E-state index contributed by atoms with van der Waals surface area (Å²) in [4.78, 5) is 2.42. The fourth-order valence-corrected chi connectivity index (χ4v) is 8.91. The van der Waals surface area contributed by atoms with Crippen molar-refractivity contribution in [1.82, 2.24) is 0 Å². The molecular weight excluding hydrogens is 579 g/mol. The van der Waals surface area contributed by atoms with Gasteiger partial charge in [-0.05, 0) is 121 Å². The molecule has 11 rings (SSSR count). The predicted molar refractivity (Wildman–Crippen MR) is 197 cm³/mol. The molecule has 3 aliphatic carbocycles. The molecule has 0 fully saturated rings. The fourth-order valence-electron chi connectivity index (χ4n) is 8.91. The molecule has 0 N–H and O–H groups in total. The summed E-state index contributed by atoms with van der Waals surface area (Å²) >= 11 is 0. The zero-order valence-electron chi connectivity index (χ0n) is 26.0. The summed E-state index contributed by atoms with van der Waals surface area (Å²) in [6.45, 7) is 0. The molecule has 1 heteroatoms. The summed E-state index contributed by atoms with van der Waals surface area (Å²) in [7, 11) is 0. The lowest BCUT2D eigenvalue weighted by Gasteiger charge is -2.30. The van der Waals surface area contributed by atoms with E-state index in [2.05, 4.69) is 175 Å². The van der Waals surface area contributed by atoms with E-state index in [9.17, 15) is 0 Å². The highest BCUT2D eigenvalue weighted by Crippen LogP contribution is 2.69. The summed E-state index contributed by atoms with van der Waals surface area (Å²) in [5, 5.41) is 2.46. The summed E-state index contributed by atoms with van der Waals surface area (Å²) < 4.78 is 0. The van der Waals surface area contributed by atoms with Gasteiger partial charge >= 0.3 is 0 Å². The molecule has 48 heavy (non-hydrogen) atoms. The maximum atomic E-state index is 3.65. The average Bonchev–Trinajstić information content (AvgIpc) is 3.75. The standard InChI is InChI=1S/C47H27N/c1-2-10-30(11-3-1)32-20-23-34(24-21-32)48(35-25-22-31-12-4-5-13-33(31)28-35)36-26-27-38-40-16-9-18-42-41-17-8-15-39-37-14-6-7-19-43(37)47(45(39)41,46(40)42)44(38)29-36/h1-6,8-18,20-29H. The first-order chi connectivity index (χ1) is 23.8. The van der Waals surface area contributed by atoms with Crippen molar-refractivity contribution in [2.45, 2.75) is 5.41 Å². The Morgan fingerprint density at radius 1 is 0.417 bits per heavy atom. The van der Waals surface area contributed by atoms with Crippen molar-refractivity contribution in [1.29, 1.82) is 0 Å². The van der Waals surface area contributed by atoms with Crippen LogP contribution in [0.5, 0.6) is 0 Å². The number of anilines is 3. The first kappa shape index (κ1) is 25.8. The van der Waals surface area contributed by atoms with Gasteiger partial charge in [0.2, 0.25) is 0 Å². The van der Waals surface area contributed by atoms with Gasteiger partial charge in [0, 0.05) is 22.6 Å². The summed E-state index contributed by atoms with van der Waals surface area (Å²) in [5.74, 6) is 0. The number of fused-ring (bicyclic) bond motifs is 6. The number of hydrogen-bond acceptors (Lipinski definition) is 1. The number of benzene rings is 7. The van der Waals surface area contributed by atoms with E-state index < -0.39 is 5.41 Å². The molecule has 1 spiro atoms. The molecule has 0 amide bonds. The average molecular weight is 606 g/mol. The lowest BCUT2D eigenvalue weighted by molar-refractivity contribution is 0.818. The van der Waals surface area contributed by atoms with Crippen LogP contribution in [0.3, 0.4) is 0 Å². The van der Waals surface area contributed by atoms with Crippen LogP contribution in [-0.4, -0.2) is 0 Å². The summed E-state index contributed by atoms with van der Waals surface area (Å²) in [6, 6.07) is 67.0. The van der Waals surface area contributed by atoms with Gasteiger partial charge in [-0.25, -0.2) is 0 Å². The third-order valence-electron chi connectivity index (χ3n) is 10.8. The molecule has 8 aromatic carbocycles. The topological polar surface area (TPSA) is 3.24 Å². The number of hydrogen-bond donors (Lipinski definition) is 0. The largest absolute Gasteiger partial charge is 0.310 e. The Bertz CT molecular complexity index is 2580. The minimum atomic E-state index is -0.400. The van der Waals surface area contributed by atoms with Gasteiger partial charge in [-0.3, -0.25) is 0 Å². The van der Waals surface area contributed by atoms with E-state index in [0.717, 1.165) is 17.1 Å². The lowest BCUT2D eigenvalue weighted by Crippen LogP contribution is -2.23. The summed E-state index contributed by atoms with van der Waals surface area (Å²) in [6.07, 6.45) is 0. The second-order valence-electron chi connectivity index (χ2n) is 13.1. The van der Waals surface area contributed by atoms with E-state index >= 15 is 0 Å². The van der Waals surface area contributed by atoms with E-state index in [1.165, 1.54) is 77.5 Å². The smallest absolute Gasteiger partial charge is 0.0817 e. The van der Waals surface area contributed by atoms with Gasteiger partial charge < -0.3 is 4.90 Å². The molecule has 1 atom stereocenters. The zero-order valence-corrected chi connectivity index (χ0v) is 26.0. The third-order valence-corrected chi connectivity index (χ3v) is 10.8. The second-order valence-corrected chi connectivity index (χ2v) is 13.1. The fraction of sp³-hybridized carbons (Fsp3) is 0.0213. The van der Waals surface area contributed by atoms with Crippen LogP contribution in [0.25, 0.3) is 55.3 Å². The predicted octanol–water partition coefficient (Wildman–Crippen LogP) is 11.9. The van der Waals surface area contributed by atoms with Crippen molar-refractivity contribution >= 4 is 27.8 Å². The van der Waals surface area contributed by atoms with Crippen molar-refractivity contribution in [2.24, 2.45) is 0 Å². The van der Waals surface area contributed by atoms with E-state index in [4.69, 9.17) is 0 Å². The van der Waals surface area contributed by atoms with Gasteiger partial charge in [-0.2, -0.15) is 0 Å². The minimum absolute atomic E-state index is 0.400. The van der Waals surface area contributed by atoms with E-state index in [1.54, 1.807) is 0 Å². The van der Waals surface area contributed by atoms with Gasteiger partial charge in [0.05, 0.1) is 5.41 Å². The molecule has 1 unspecified atom stereocenters. The highest BCUT2D eigenvalue weighted by atomic mass is 15.1. The van der Waals surface area contributed by atoms with Gasteiger partial charge in [0.1, 0.15) is 0 Å². The van der Waals surface area contributed by atoms with Crippen molar-refractivity contribution in [2.75, 3.05) is 4.90 Å². The molecule has 3 aliphatic rings. The molecule has 0 bridgehead atoms. The first-order valence-electron chi connectivity index (χ1n) is 16.6. The maximum Gasteiger partial charge on any atom is 0.0817 e. The van der Waals surface area contributed by atoms with Crippen molar-refractivity contribution < 1.29 is 0 Å². The third kappa shape index (κ3) is 3.22. The molecule has 0 saturated carbocycles. The van der Waals surface area contributed by atoms with E-state index in [0.29, 0.717) is 0 Å². The maximum absolute atomic E-state index is 3.65.